The van der Waals surface area contributed by atoms with E-state index in [0.717, 1.165) is 24.0 Å². The number of nitrogens with one attached hydrogen (secondary N) is 2. The number of amides is 2. The molecule has 0 aromatic heterocycles. The van der Waals surface area contributed by atoms with E-state index in [1.165, 1.54) is 16.4 Å². The summed E-state index contributed by atoms with van der Waals surface area (Å²) in [5, 5.41) is 5.67. The van der Waals surface area contributed by atoms with E-state index >= 15 is 0 Å². The number of aryl methyl sites for hydroxylation is 2. The summed E-state index contributed by atoms with van der Waals surface area (Å²) in [5.41, 5.74) is 2.67. The van der Waals surface area contributed by atoms with Gasteiger partial charge in [0, 0.05) is 29.8 Å². The van der Waals surface area contributed by atoms with Crippen molar-refractivity contribution in [1.29, 1.82) is 0 Å². The molecule has 2 aromatic carbocycles. The molecule has 3 rings (SSSR count). The van der Waals surface area contributed by atoms with Crippen LogP contribution in [0, 0.1) is 13.8 Å². The molecule has 9 heteroatoms. The number of carbonyl (C=O) groups excluding carboxylic acids is 2. The minimum atomic E-state index is -3.66. The zero-order chi connectivity index (χ0) is 23.3. The molecule has 1 aliphatic heterocycles. The maximum Gasteiger partial charge on any atom is 0.313 e. The molecule has 1 aliphatic rings. The van der Waals surface area contributed by atoms with E-state index in [0.29, 0.717) is 30.1 Å². The average molecular weight is 478 g/mol. The minimum Gasteiger partial charge on any atom is -0.348 e. The molecule has 1 saturated heterocycles. The molecular weight excluding hydrogens is 450 g/mol. The van der Waals surface area contributed by atoms with E-state index in [4.69, 9.17) is 11.6 Å². The third-order valence-corrected chi connectivity index (χ3v) is 7.95. The number of nitrogens with zero attached hydrogens (tertiary/aromatic N) is 1. The van der Waals surface area contributed by atoms with Crippen LogP contribution < -0.4 is 10.6 Å². The molecule has 0 spiro atoms. The van der Waals surface area contributed by atoms with Gasteiger partial charge in [-0.15, -0.1) is 0 Å². The maximum atomic E-state index is 13.1. The number of benzene rings is 2. The normalized spacial score (nSPS) is 17.0. The number of hydrogen-bond donors (Lipinski definition) is 2. The van der Waals surface area contributed by atoms with Crippen LogP contribution in [-0.2, 0) is 19.6 Å². The highest BCUT2D eigenvalue weighted by Gasteiger charge is 2.33. The Bertz CT molecular complexity index is 1090. The predicted molar refractivity (Wildman–Crippen MR) is 125 cm³/mol. The molecule has 172 valence electrons. The molecular formula is C23H28ClN3O4S. The second-order valence-corrected chi connectivity index (χ2v) is 10.3. The summed E-state index contributed by atoms with van der Waals surface area (Å²) in [6, 6.07) is 11.3. The Morgan fingerprint density at radius 3 is 2.44 bits per heavy atom. The Balaban J connectivity index is 1.57. The first-order valence-electron chi connectivity index (χ1n) is 10.6. The van der Waals surface area contributed by atoms with E-state index in [9.17, 15) is 18.0 Å². The van der Waals surface area contributed by atoms with Crippen molar-refractivity contribution in [3.05, 3.63) is 58.6 Å². The Hall–Kier alpha value is -2.42. The molecule has 0 aliphatic carbocycles. The fourth-order valence-electron chi connectivity index (χ4n) is 3.76. The first-order chi connectivity index (χ1) is 15.2. The number of hydrogen-bond acceptors (Lipinski definition) is 4. The van der Waals surface area contributed by atoms with Gasteiger partial charge in [-0.2, -0.15) is 4.31 Å². The van der Waals surface area contributed by atoms with Gasteiger partial charge >= 0.3 is 11.8 Å². The highest BCUT2D eigenvalue weighted by molar-refractivity contribution is 7.89. The SMILES string of the molecule is Cc1ccc(NC(=O)C(=O)NCC[C@@H]2CCCCN2S(=O)(=O)c2ccc(Cl)cc2)cc1C. The van der Waals surface area contributed by atoms with Gasteiger partial charge in [0.1, 0.15) is 0 Å². The summed E-state index contributed by atoms with van der Waals surface area (Å²) in [7, 11) is -3.66. The second-order valence-electron chi connectivity index (χ2n) is 8.02. The van der Waals surface area contributed by atoms with Crippen molar-refractivity contribution in [3.63, 3.8) is 0 Å². The van der Waals surface area contributed by atoms with Crippen LogP contribution in [0.1, 0.15) is 36.8 Å². The first-order valence-corrected chi connectivity index (χ1v) is 12.4. The Morgan fingerprint density at radius 2 is 1.75 bits per heavy atom. The molecule has 0 saturated carbocycles. The lowest BCUT2D eigenvalue weighted by atomic mass is 10.0. The number of rotatable bonds is 6. The van der Waals surface area contributed by atoms with Crippen molar-refractivity contribution in [3.8, 4) is 0 Å². The van der Waals surface area contributed by atoms with Crippen LogP contribution in [0.15, 0.2) is 47.4 Å². The highest BCUT2D eigenvalue weighted by atomic mass is 35.5. The summed E-state index contributed by atoms with van der Waals surface area (Å²) in [6.45, 7) is 4.53. The maximum absolute atomic E-state index is 13.1. The van der Waals surface area contributed by atoms with Gasteiger partial charge in [-0.05, 0) is 80.6 Å². The van der Waals surface area contributed by atoms with Gasteiger partial charge in [0.05, 0.1) is 4.90 Å². The first kappa shape index (κ1) is 24.2. The van der Waals surface area contributed by atoms with Crippen LogP contribution in [0.2, 0.25) is 5.02 Å². The summed E-state index contributed by atoms with van der Waals surface area (Å²) in [5.74, 6) is -1.49. The summed E-state index contributed by atoms with van der Waals surface area (Å²) >= 11 is 5.88. The fourth-order valence-corrected chi connectivity index (χ4v) is 5.61. The smallest absolute Gasteiger partial charge is 0.313 e. The number of piperidine rings is 1. The number of anilines is 1. The van der Waals surface area contributed by atoms with Gasteiger partial charge in [-0.25, -0.2) is 8.42 Å². The van der Waals surface area contributed by atoms with Gasteiger partial charge < -0.3 is 10.6 Å². The molecule has 32 heavy (non-hydrogen) atoms. The molecule has 2 aromatic rings. The van der Waals surface area contributed by atoms with E-state index < -0.39 is 21.8 Å². The van der Waals surface area contributed by atoms with E-state index in [2.05, 4.69) is 10.6 Å². The fraction of sp³-hybridized carbons (Fsp3) is 0.391. The Morgan fingerprint density at radius 1 is 1.03 bits per heavy atom. The summed E-state index contributed by atoms with van der Waals surface area (Å²) < 4.78 is 27.7. The molecule has 7 nitrogen and oxygen atoms in total. The number of carbonyl (C=O) groups is 2. The molecule has 1 atom stereocenters. The highest BCUT2D eigenvalue weighted by Crippen LogP contribution is 2.27. The molecule has 1 fully saturated rings. The monoisotopic (exact) mass is 477 g/mol. The summed E-state index contributed by atoms with van der Waals surface area (Å²) in [6.07, 6.45) is 2.83. The Labute approximate surface area is 194 Å². The zero-order valence-electron chi connectivity index (χ0n) is 18.2. The molecule has 2 amide bonds. The van der Waals surface area contributed by atoms with Crippen LogP contribution in [0.5, 0.6) is 0 Å². The third kappa shape index (κ3) is 5.88. The summed E-state index contributed by atoms with van der Waals surface area (Å²) in [4.78, 5) is 24.6. The van der Waals surface area contributed by atoms with Gasteiger partial charge in [0.2, 0.25) is 10.0 Å². The van der Waals surface area contributed by atoms with Crippen molar-refractivity contribution in [2.75, 3.05) is 18.4 Å². The van der Waals surface area contributed by atoms with Crippen molar-refractivity contribution < 1.29 is 18.0 Å². The lowest BCUT2D eigenvalue weighted by Crippen LogP contribution is -2.45. The minimum absolute atomic E-state index is 0.200. The Kier molecular flexibility index (Phi) is 7.92. The standard InChI is InChI=1S/C23H28ClN3O4S/c1-16-6-9-19(15-17(16)2)26-23(29)22(28)25-13-12-20-5-3-4-14-27(20)32(30,31)21-10-7-18(24)8-11-21/h6-11,15,20H,3-5,12-14H2,1-2H3,(H,25,28)(H,26,29)/t20-/m0/s1. The van der Waals surface area contributed by atoms with Crippen molar-refractivity contribution in [1.82, 2.24) is 9.62 Å². The van der Waals surface area contributed by atoms with E-state index in [-0.39, 0.29) is 17.5 Å². The van der Waals surface area contributed by atoms with Gasteiger partial charge in [-0.1, -0.05) is 24.1 Å². The van der Waals surface area contributed by atoms with E-state index in [1.807, 2.05) is 26.0 Å². The van der Waals surface area contributed by atoms with Crippen molar-refractivity contribution in [2.24, 2.45) is 0 Å². The molecule has 2 N–H and O–H groups in total. The molecule has 1 heterocycles. The lowest BCUT2D eigenvalue weighted by Gasteiger charge is -2.34. The number of sulfonamides is 1. The topological polar surface area (TPSA) is 95.6 Å². The largest absolute Gasteiger partial charge is 0.348 e. The van der Waals surface area contributed by atoms with Crippen LogP contribution in [-0.4, -0.2) is 43.7 Å². The second kappa shape index (κ2) is 10.5. The quantitative estimate of drug-likeness (QED) is 0.621. The third-order valence-electron chi connectivity index (χ3n) is 5.73. The number of halogens is 1. The molecule has 0 bridgehead atoms. The lowest BCUT2D eigenvalue weighted by molar-refractivity contribution is -0.136. The van der Waals surface area contributed by atoms with Gasteiger partial charge in [-0.3, -0.25) is 9.59 Å². The van der Waals surface area contributed by atoms with E-state index in [1.54, 1.807) is 18.2 Å². The molecule has 0 radical (unpaired) electrons. The van der Waals surface area contributed by atoms with Gasteiger partial charge in [0.25, 0.3) is 0 Å². The molecule has 0 unspecified atom stereocenters. The van der Waals surface area contributed by atoms with Crippen molar-refractivity contribution >= 4 is 39.1 Å². The van der Waals surface area contributed by atoms with Crippen LogP contribution in [0.3, 0.4) is 0 Å². The zero-order valence-corrected chi connectivity index (χ0v) is 19.8. The van der Waals surface area contributed by atoms with Crippen LogP contribution >= 0.6 is 11.6 Å². The van der Waals surface area contributed by atoms with Crippen molar-refractivity contribution in [2.45, 2.75) is 50.5 Å². The average Bonchev–Trinajstić information content (AvgIpc) is 2.76. The van der Waals surface area contributed by atoms with Crippen LogP contribution in [0.25, 0.3) is 0 Å². The van der Waals surface area contributed by atoms with Crippen LogP contribution in [0.4, 0.5) is 5.69 Å². The predicted octanol–water partition coefficient (Wildman–Crippen LogP) is 3.65. The van der Waals surface area contributed by atoms with Gasteiger partial charge in [0.15, 0.2) is 0 Å².